The third-order valence-electron chi connectivity index (χ3n) is 32.3. The van der Waals surface area contributed by atoms with E-state index in [0.29, 0.717) is 88.2 Å². The molecule has 0 saturated carbocycles. The lowest BCUT2D eigenvalue weighted by Gasteiger charge is -2.39. The Morgan fingerprint density at radius 3 is 0.774 bits per heavy atom. The molecule has 24 nitrogen and oxygen atoms in total. The summed E-state index contributed by atoms with van der Waals surface area (Å²) in [5, 5.41) is 0. The van der Waals surface area contributed by atoms with E-state index in [-0.39, 0.29) is 0 Å². The number of likely N-dealkylation sites (N-methyl/N-ethyl adjacent to an activating group) is 8. The van der Waals surface area contributed by atoms with Gasteiger partial charge in [-0.25, -0.2) is 0 Å². The Bertz CT molecular complexity index is 3680. The van der Waals surface area contributed by atoms with Crippen LogP contribution >= 0.6 is 0 Å². The first-order valence-electron chi connectivity index (χ1n) is 58.8. The Balaban J connectivity index is 0.000000283. The molecule has 0 aliphatic carbocycles. The molecule has 12 fully saturated rings. The average molecular weight is 2010 g/mol. The van der Waals surface area contributed by atoms with Crippen molar-refractivity contribution in [2.75, 3.05) is 238 Å². The average Bonchev–Trinajstić information content (AvgIpc) is 1.65. The monoisotopic (exact) mass is 2010 g/mol. The number of nitrogens with zero attached hydrogens (tertiary/aromatic N) is 24. The molecule has 12 aliphatic heterocycles. The van der Waals surface area contributed by atoms with E-state index >= 15 is 0 Å². The van der Waals surface area contributed by atoms with Crippen LogP contribution in [0.5, 0.6) is 0 Å². The minimum absolute atomic E-state index is 0.291. The molecular formula is C110H224B12N24. The molecule has 146 heavy (non-hydrogen) atoms. The summed E-state index contributed by atoms with van der Waals surface area (Å²) in [4.78, 5) is 60.0. The maximum atomic E-state index is 2.58. The largest absolute Gasteiger partial charge is 0.333 e. The van der Waals surface area contributed by atoms with Gasteiger partial charge in [0.15, 0.2) is 0 Å². The molecule has 36 heteroatoms. The molecule has 0 spiro atoms. The van der Waals surface area contributed by atoms with E-state index in [1.807, 2.05) is 0 Å². The number of benzene rings is 4. The highest BCUT2D eigenvalue weighted by molar-refractivity contribution is 6.54. The smallest absolute Gasteiger partial charge is 0.308 e. The highest BCUT2D eigenvalue weighted by Gasteiger charge is 2.44. The van der Waals surface area contributed by atoms with Gasteiger partial charge in [-0.15, -0.1) is 0 Å². The van der Waals surface area contributed by atoms with Gasteiger partial charge in [0.25, 0.3) is 45.3 Å². The van der Waals surface area contributed by atoms with Gasteiger partial charge >= 0.3 is 41.9 Å². The van der Waals surface area contributed by atoms with Crippen LogP contribution in [0.25, 0.3) is 0 Å². The van der Waals surface area contributed by atoms with Gasteiger partial charge in [-0.05, 0) is 249 Å². The fourth-order valence-corrected chi connectivity index (χ4v) is 22.0. The van der Waals surface area contributed by atoms with Crippen molar-refractivity contribution in [3.8, 4) is 0 Å². The SMILES string of the molecule is B1N(Cc2ccccc2)CCN1Cc1ccccc1.CB1N(C(C)(C)C)CCN1C(C)(C)C.CB1N(C(C)C)CCN1C(C)C.CB1N(C)CCN1C.CB1N(Cc2ccccc2)CCN1Cc1ccccc1.CC(C)(C)N1BN(C(C)(C)C)CC1.CC(C)N1BN(C(C)C)CC1.CCCN1BN(CCC)CC1.CCCN1CCN(CCC)B1C.CCN1BN(CC)CC1.CCN1CCN(CC)B1C.CN1BN(C)CC1. The highest BCUT2D eigenvalue weighted by atomic mass is 15.4. The Kier molecular flexibility index (Phi) is 63.5. The topological polar surface area (TPSA) is 77.8 Å². The molecular weight excluding hydrogens is 1790 g/mol. The van der Waals surface area contributed by atoms with E-state index in [9.17, 15) is 0 Å². The molecule has 0 bridgehead atoms. The number of hydrogen-bond donors (Lipinski definition) is 0. The van der Waals surface area contributed by atoms with E-state index in [2.05, 4.69) is 500 Å². The van der Waals surface area contributed by atoms with E-state index in [1.165, 1.54) is 259 Å². The van der Waals surface area contributed by atoms with Gasteiger partial charge < -0.3 is 115 Å². The van der Waals surface area contributed by atoms with Crippen molar-refractivity contribution in [1.82, 2.24) is 115 Å². The third kappa shape index (κ3) is 49.0. The summed E-state index contributed by atoms with van der Waals surface area (Å²) in [7, 11) is 15.5. The van der Waals surface area contributed by atoms with Gasteiger partial charge in [0, 0.05) is 192 Å². The van der Waals surface area contributed by atoms with Crippen LogP contribution in [0.4, 0.5) is 0 Å². The molecule has 0 radical (unpaired) electrons. The zero-order valence-corrected chi connectivity index (χ0v) is 103. The molecule has 4 aromatic rings. The summed E-state index contributed by atoms with van der Waals surface area (Å²) in [5.41, 5.74) is 6.84. The van der Waals surface area contributed by atoms with Crippen LogP contribution in [0.2, 0.25) is 40.9 Å². The first-order valence-corrected chi connectivity index (χ1v) is 58.8. The summed E-state index contributed by atoms with van der Waals surface area (Å²) in [6.07, 6.45) is 5.15. The normalized spacial score (nSPS) is 20.7. The molecule has 12 heterocycles. The van der Waals surface area contributed by atoms with Crippen LogP contribution in [0.3, 0.4) is 0 Å². The number of hydrogen-bond acceptors (Lipinski definition) is 24. The lowest BCUT2D eigenvalue weighted by molar-refractivity contribution is 0.269. The molecule has 12 aliphatic rings. The lowest BCUT2D eigenvalue weighted by atomic mass is 9.71. The summed E-state index contributed by atoms with van der Waals surface area (Å²) in [5.74, 6) is 0. The zero-order chi connectivity index (χ0) is 109. The van der Waals surface area contributed by atoms with E-state index in [4.69, 9.17) is 0 Å². The minimum atomic E-state index is 0.291. The second-order valence-corrected chi connectivity index (χ2v) is 48.8. The van der Waals surface area contributed by atoms with Crippen LogP contribution in [0.15, 0.2) is 121 Å². The fourth-order valence-electron chi connectivity index (χ4n) is 22.0. The van der Waals surface area contributed by atoms with Crippen LogP contribution in [-0.4, -0.2) is 487 Å². The quantitative estimate of drug-likeness (QED) is 0.0624. The predicted octanol–water partition coefficient (Wildman–Crippen LogP) is 13.4. The summed E-state index contributed by atoms with van der Waals surface area (Å²) >= 11 is 0. The maximum Gasteiger partial charge on any atom is 0.308 e. The van der Waals surface area contributed by atoms with Crippen molar-refractivity contribution in [2.45, 2.75) is 333 Å². The van der Waals surface area contributed by atoms with Crippen LogP contribution in [-0.2, 0) is 26.2 Å². The first kappa shape index (κ1) is 133. The van der Waals surface area contributed by atoms with Crippen molar-refractivity contribution >= 4 is 87.2 Å². The van der Waals surface area contributed by atoms with Crippen molar-refractivity contribution in [3.63, 3.8) is 0 Å². The molecule has 0 amide bonds. The van der Waals surface area contributed by atoms with Crippen LogP contribution in [0, 0.1) is 0 Å². The standard InChI is InChI=1S/C17H21BN2.C16H19BN2.C11H25BN2.C10H23BN2.2C9H21BN2.2C8H19BN2.C7H17BN2.C6H15BN2.C5H13BN2.C4H11BN2/c1-18-19(14-16-8-4-2-5-9-16)12-13-20(18)15-17-10-6-3-7-11-17;1-3-7-15(8-4-1)13-18-11-12-19(17-18)14-16-9-5-2-6-10-16;1-10(2,3)13-8-9-14(12(13)7)11(4,5)6;1-9(2,3)12-7-8-13(11-12)10(4,5)6;1-8(2)11-6-7-12(9(3)4)10(11)5;1-4-6-11-8-9-12(7-5-2)10(11)3;1-7(2)10-5-6-11(9-10)8(3)4;1-3-5-10-7-8-11(9-10)6-4-2;1-4-9-6-7-10(5-2)8(9)3;1-3-8-5-6-9(4-2)7-8;1-6-7(2)4-5-8(6)3;1-6-3-4-7(2)5-6/h2-11H,12-15H2,1H3;1-10,17H,11-14H2;8-9H2,1-7H3;11H,7-8H2,1-6H3;8-9H,6-7H2,1-5H3;4-9H2,1-3H3;7-9H,5-6H2,1-4H3;9H,3-8H2,1-2H3;4-7H2,1-3H3;7H,3-6H2,1-2H3;4-5H2,1-3H3;5H,3-4H2,1-2H3. The van der Waals surface area contributed by atoms with Gasteiger partial charge in [-0.3, -0.25) is 0 Å². The molecule has 4 aromatic carbocycles. The van der Waals surface area contributed by atoms with Crippen molar-refractivity contribution in [2.24, 2.45) is 0 Å². The van der Waals surface area contributed by atoms with Crippen molar-refractivity contribution < 1.29 is 0 Å². The third-order valence-corrected chi connectivity index (χ3v) is 32.3. The van der Waals surface area contributed by atoms with Gasteiger partial charge in [-0.2, -0.15) is 0 Å². The molecule has 12 saturated heterocycles. The minimum Gasteiger partial charge on any atom is -0.333 e. The van der Waals surface area contributed by atoms with Crippen molar-refractivity contribution in [3.05, 3.63) is 144 Å². The predicted molar refractivity (Wildman–Crippen MR) is 660 cm³/mol. The van der Waals surface area contributed by atoms with E-state index in [1.54, 1.807) is 0 Å². The second kappa shape index (κ2) is 69.6. The molecule has 16 rings (SSSR count). The molecule has 0 N–H and O–H groups in total. The van der Waals surface area contributed by atoms with Crippen molar-refractivity contribution in [1.29, 1.82) is 0 Å². The molecule has 820 valence electrons. The Morgan fingerprint density at radius 2 is 0.534 bits per heavy atom. The second-order valence-electron chi connectivity index (χ2n) is 48.8. The summed E-state index contributed by atoms with van der Waals surface area (Å²) in [6, 6.07) is 45.8. The Hall–Kier alpha value is -3.30. The van der Waals surface area contributed by atoms with Gasteiger partial charge in [-0.1, -0.05) is 273 Å². The Labute approximate surface area is 911 Å². The molecule has 0 aromatic heterocycles. The molecule has 0 unspecified atom stereocenters. The van der Waals surface area contributed by atoms with Gasteiger partial charge in [0.2, 0.25) is 0 Å². The lowest BCUT2D eigenvalue weighted by Crippen LogP contribution is -2.54. The van der Waals surface area contributed by atoms with E-state index in [0.717, 1.165) is 69.5 Å². The van der Waals surface area contributed by atoms with E-state index < -0.39 is 0 Å². The zero-order valence-electron chi connectivity index (χ0n) is 103. The summed E-state index contributed by atoms with van der Waals surface area (Å²) < 4.78 is 0. The summed E-state index contributed by atoms with van der Waals surface area (Å²) in [6.45, 7) is 125. The Morgan fingerprint density at radius 1 is 0.240 bits per heavy atom. The van der Waals surface area contributed by atoms with Gasteiger partial charge in [0.05, 0.1) is 0 Å². The van der Waals surface area contributed by atoms with Crippen LogP contribution in [0.1, 0.15) is 242 Å². The molecule has 0 atom stereocenters. The maximum absolute atomic E-state index is 2.58. The first-order chi connectivity index (χ1) is 69.0. The van der Waals surface area contributed by atoms with Gasteiger partial charge in [0.1, 0.15) is 0 Å². The number of rotatable bonds is 24. The van der Waals surface area contributed by atoms with Crippen LogP contribution < -0.4 is 0 Å². The highest BCUT2D eigenvalue weighted by Crippen LogP contribution is 2.29. The fraction of sp³-hybridized carbons (Fsp3) is 0.782.